The molecule has 1 rings (SSSR count). The summed E-state index contributed by atoms with van der Waals surface area (Å²) in [5.41, 5.74) is -0.735. The number of phenols is 1. The molecule has 0 unspecified atom stereocenters. The molecule has 0 fully saturated rings. The molecule has 0 aliphatic rings. The average molecular weight is 295 g/mol. The van der Waals surface area contributed by atoms with Gasteiger partial charge in [0.15, 0.2) is 0 Å². The fraction of sp³-hybridized carbons (Fsp3) is 0.385. The molecule has 2 amide bonds. The second-order valence-corrected chi connectivity index (χ2v) is 4.29. The summed E-state index contributed by atoms with van der Waals surface area (Å²) in [5, 5.41) is 25.4. The molecule has 0 aliphatic heterocycles. The van der Waals surface area contributed by atoms with Crippen molar-refractivity contribution in [3.05, 3.63) is 33.9 Å². The van der Waals surface area contributed by atoms with E-state index in [2.05, 4.69) is 10.6 Å². The molecule has 0 aliphatic carbocycles. The summed E-state index contributed by atoms with van der Waals surface area (Å²) in [6.45, 7) is 2.57. The van der Waals surface area contributed by atoms with Gasteiger partial charge in [0, 0.05) is 25.6 Å². The van der Waals surface area contributed by atoms with Crippen molar-refractivity contribution in [1.29, 1.82) is 0 Å². The molecule has 0 saturated carbocycles. The summed E-state index contributed by atoms with van der Waals surface area (Å²) >= 11 is 0. The van der Waals surface area contributed by atoms with Gasteiger partial charge in [-0.15, -0.1) is 0 Å². The van der Waals surface area contributed by atoms with Crippen LogP contribution in [0.4, 0.5) is 5.69 Å². The minimum Gasteiger partial charge on any atom is -0.502 e. The highest BCUT2D eigenvalue weighted by molar-refractivity contribution is 5.98. The van der Waals surface area contributed by atoms with E-state index in [4.69, 9.17) is 0 Å². The van der Waals surface area contributed by atoms with Gasteiger partial charge in [-0.25, -0.2) is 0 Å². The van der Waals surface area contributed by atoms with Crippen LogP contribution in [0.25, 0.3) is 0 Å². The Hall–Kier alpha value is -2.64. The van der Waals surface area contributed by atoms with Gasteiger partial charge in [0.2, 0.25) is 11.7 Å². The minimum absolute atomic E-state index is 0.0799. The molecule has 0 heterocycles. The van der Waals surface area contributed by atoms with Crippen molar-refractivity contribution in [3.8, 4) is 5.75 Å². The zero-order valence-electron chi connectivity index (χ0n) is 11.6. The SMILES string of the molecule is CCCNC(=O)CCNC(=O)c1cccc([N+](=O)[O-])c1O. The summed E-state index contributed by atoms with van der Waals surface area (Å²) in [4.78, 5) is 33.0. The maximum Gasteiger partial charge on any atom is 0.311 e. The van der Waals surface area contributed by atoms with E-state index in [1.165, 1.54) is 12.1 Å². The number of nitro groups is 1. The molecule has 21 heavy (non-hydrogen) atoms. The number of hydrogen-bond donors (Lipinski definition) is 3. The highest BCUT2D eigenvalue weighted by atomic mass is 16.6. The molecule has 3 N–H and O–H groups in total. The van der Waals surface area contributed by atoms with Gasteiger partial charge in [-0.1, -0.05) is 13.0 Å². The van der Waals surface area contributed by atoms with E-state index < -0.39 is 22.3 Å². The summed E-state index contributed by atoms with van der Waals surface area (Å²) in [5.74, 6) is -1.55. The standard InChI is InChI=1S/C13H17N3O5/c1-2-7-14-11(17)6-8-15-13(19)9-4-3-5-10(12(9)18)16(20)21/h3-5,18H,2,6-8H2,1H3,(H,14,17)(H,15,19). The van der Waals surface area contributed by atoms with Crippen LogP contribution in [0.5, 0.6) is 5.75 Å². The molecular formula is C13H17N3O5. The Morgan fingerprint density at radius 1 is 1.29 bits per heavy atom. The Kier molecular flexibility index (Phi) is 6.12. The lowest BCUT2D eigenvalue weighted by molar-refractivity contribution is -0.385. The molecule has 0 aromatic heterocycles. The lowest BCUT2D eigenvalue weighted by atomic mass is 10.1. The van der Waals surface area contributed by atoms with E-state index in [0.717, 1.165) is 12.5 Å². The number of phenolic OH excluding ortho intramolecular Hbond substituents is 1. The van der Waals surface area contributed by atoms with Crippen LogP contribution in [0.1, 0.15) is 30.1 Å². The smallest absolute Gasteiger partial charge is 0.311 e. The molecule has 114 valence electrons. The summed E-state index contributed by atoms with van der Waals surface area (Å²) in [7, 11) is 0. The number of rotatable bonds is 7. The number of carbonyl (C=O) groups is 2. The molecule has 0 saturated heterocycles. The minimum atomic E-state index is -0.774. The van der Waals surface area contributed by atoms with Crippen molar-refractivity contribution in [2.45, 2.75) is 19.8 Å². The molecule has 0 spiro atoms. The molecule has 0 atom stereocenters. The van der Waals surface area contributed by atoms with Crippen molar-refractivity contribution in [2.24, 2.45) is 0 Å². The Morgan fingerprint density at radius 2 is 2.00 bits per heavy atom. The van der Waals surface area contributed by atoms with E-state index in [-0.39, 0.29) is 24.4 Å². The van der Waals surface area contributed by atoms with Gasteiger partial charge in [-0.05, 0) is 12.5 Å². The van der Waals surface area contributed by atoms with Crippen LogP contribution in [0.15, 0.2) is 18.2 Å². The maximum atomic E-state index is 11.8. The number of hydrogen-bond acceptors (Lipinski definition) is 5. The van der Waals surface area contributed by atoms with Gasteiger partial charge in [0.25, 0.3) is 5.91 Å². The van der Waals surface area contributed by atoms with Crippen LogP contribution in [-0.4, -0.2) is 34.9 Å². The molecule has 1 aromatic carbocycles. The van der Waals surface area contributed by atoms with Gasteiger partial charge in [0.05, 0.1) is 10.5 Å². The zero-order chi connectivity index (χ0) is 15.8. The number of nitrogens with zero attached hydrogens (tertiary/aromatic N) is 1. The first-order chi connectivity index (χ1) is 9.97. The first kappa shape index (κ1) is 16.4. The van der Waals surface area contributed by atoms with E-state index in [1.807, 2.05) is 6.92 Å². The lowest BCUT2D eigenvalue weighted by Crippen LogP contribution is -2.31. The summed E-state index contributed by atoms with van der Waals surface area (Å²) in [6.07, 6.45) is 0.918. The second kappa shape index (κ2) is 7.83. The summed E-state index contributed by atoms with van der Waals surface area (Å²) < 4.78 is 0. The predicted molar refractivity (Wildman–Crippen MR) is 75.0 cm³/mol. The van der Waals surface area contributed by atoms with E-state index in [9.17, 15) is 24.8 Å². The van der Waals surface area contributed by atoms with E-state index in [1.54, 1.807) is 0 Å². The summed E-state index contributed by atoms with van der Waals surface area (Å²) in [6, 6.07) is 3.68. The third-order valence-corrected chi connectivity index (χ3v) is 2.67. The lowest BCUT2D eigenvalue weighted by Gasteiger charge is -2.07. The topological polar surface area (TPSA) is 122 Å². The van der Waals surface area contributed by atoms with E-state index in [0.29, 0.717) is 6.54 Å². The quantitative estimate of drug-likeness (QED) is 0.510. The van der Waals surface area contributed by atoms with Gasteiger partial charge in [-0.2, -0.15) is 0 Å². The van der Waals surface area contributed by atoms with Crippen LogP contribution in [0.3, 0.4) is 0 Å². The number of para-hydroxylation sites is 1. The average Bonchev–Trinajstić information content (AvgIpc) is 2.44. The molecule has 1 aromatic rings. The van der Waals surface area contributed by atoms with Crippen LogP contribution >= 0.6 is 0 Å². The zero-order valence-corrected chi connectivity index (χ0v) is 11.6. The molecule has 0 radical (unpaired) electrons. The van der Waals surface area contributed by atoms with Crippen molar-refractivity contribution in [2.75, 3.05) is 13.1 Å². The van der Waals surface area contributed by atoms with Gasteiger partial charge < -0.3 is 15.7 Å². The van der Waals surface area contributed by atoms with Crippen molar-refractivity contribution < 1.29 is 19.6 Å². The molecule has 8 heteroatoms. The second-order valence-electron chi connectivity index (χ2n) is 4.29. The first-order valence-corrected chi connectivity index (χ1v) is 6.48. The van der Waals surface area contributed by atoms with Crippen LogP contribution in [0.2, 0.25) is 0 Å². The fourth-order valence-corrected chi connectivity index (χ4v) is 1.60. The van der Waals surface area contributed by atoms with Gasteiger partial charge in [0.1, 0.15) is 0 Å². The third kappa shape index (κ3) is 4.75. The monoisotopic (exact) mass is 295 g/mol. The predicted octanol–water partition coefficient (Wildman–Crippen LogP) is 0.946. The van der Waals surface area contributed by atoms with Gasteiger partial charge in [-0.3, -0.25) is 19.7 Å². The Labute approximate surface area is 121 Å². The normalized spacial score (nSPS) is 9.95. The fourth-order valence-electron chi connectivity index (χ4n) is 1.60. The first-order valence-electron chi connectivity index (χ1n) is 6.48. The van der Waals surface area contributed by atoms with Crippen molar-refractivity contribution in [3.63, 3.8) is 0 Å². The Morgan fingerprint density at radius 3 is 2.62 bits per heavy atom. The molecular weight excluding hydrogens is 278 g/mol. The molecule has 0 bridgehead atoms. The van der Waals surface area contributed by atoms with Crippen molar-refractivity contribution in [1.82, 2.24) is 10.6 Å². The number of benzene rings is 1. The number of amides is 2. The van der Waals surface area contributed by atoms with Crippen LogP contribution < -0.4 is 10.6 Å². The van der Waals surface area contributed by atoms with Crippen LogP contribution in [0, 0.1) is 10.1 Å². The number of aromatic hydroxyl groups is 1. The maximum absolute atomic E-state index is 11.8. The number of carbonyl (C=O) groups excluding carboxylic acids is 2. The van der Waals surface area contributed by atoms with Gasteiger partial charge >= 0.3 is 5.69 Å². The number of nitro benzene ring substituents is 1. The largest absolute Gasteiger partial charge is 0.502 e. The van der Waals surface area contributed by atoms with Crippen molar-refractivity contribution >= 4 is 17.5 Å². The highest BCUT2D eigenvalue weighted by Gasteiger charge is 2.20. The Balaban J connectivity index is 2.59. The van der Waals surface area contributed by atoms with Crippen LogP contribution in [-0.2, 0) is 4.79 Å². The molecule has 8 nitrogen and oxygen atoms in total. The number of nitrogens with one attached hydrogen (secondary N) is 2. The third-order valence-electron chi connectivity index (χ3n) is 2.67. The Bertz CT molecular complexity index is 545. The van der Waals surface area contributed by atoms with E-state index >= 15 is 0 Å². The highest BCUT2D eigenvalue weighted by Crippen LogP contribution is 2.28.